The third-order valence-electron chi connectivity index (χ3n) is 3.18. The van der Waals surface area contributed by atoms with Crippen LogP contribution in [0.15, 0.2) is 47.6 Å². The van der Waals surface area contributed by atoms with E-state index in [4.69, 9.17) is 19.9 Å². The predicted molar refractivity (Wildman–Crippen MR) is 103 cm³/mol. The van der Waals surface area contributed by atoms with Crippen LogP contribution in [0.4, 0.5) is 0 Å². The van der Waals surface area contributed by atoms with Gasteiger partial charge in [-0.15, -0.1) is 0 Å². The minimum Gasteiger partial charge on any atom is -0.494 e. The minimum atomic E-state index is -0.497. The Kier molecular flexibility index (Phi) is 6.92. The molecule has 0 aliphatic heterocycles. The van der Waals surface area contributed by atoms with E-state index < -0.39 is 5.97 Å². The molecule has 136 valence electrons. The van der Waals surface area contributed by atoms with E-state index in [1.807, 2.05) is 6.92 Å². The third kappa shape index (κ3) is 5.45. The number of benzene rings is 2. The highest BCUT2D eigenvalue weighted by molar-refractivity contribution is 7.80. The quantitative estimate of drug-likeness (QED) is 0.253. The van der Waals surface area contributed by atoms with E-state index in [9.17, 15) is 4.79 Å². The summed E-state index contributed by atoms with van der Waals surface area (Å²) in [6.45, 7) is 2.45. The Morgan fingerprint density at radius 3 is 2.58 bits per heavy atom. The number of carbonyl (C=O) groups is 1. The van der Waals surface area contributed by atoms with Crippen molar-refractivity contribution in [1.82, 2.24) is 5.43 Å². The molecule has 2 aromatic rings. The van der Waals surface area contributed by atoms with Crippen LogP contribution in [0.25, 0.3) is 0 Å². The standard InChI is InChI=1S/C18H19N3O4S/c1-3-24-14-7-5-13(6-8-14)17(22)25-15-9-4-12(10-16(15)23-2)11-20-21-18(19)26/h4-11H,3H2,1-2H3,(H3,19,21,26). The highest BCUT2D eigenvalue weighted by Crippen LogP contribution is 2.28. The molecule has 0 unspecified atom stereocenters. The average molecular weight is 373 g/mol. The lowest BCUT2D eigenvalue weighted by Crippen LogP contribution is -2.23. The maximum absolute atomic E-state index is 12.3. The number of rotatable bonds is 7. The molecular formula is C18H19N3O4S. The Bertz CT molecular complexity index is 807. The summed E-state index contributed by atoms with van der Waals surface area (Å²) in [5, 5.41) is 3.93. The van der Waals surface area contributed by atoms with Crippen LogP contribution >= 0.6 is 12.2 Å². The number of esters is 1. The van der Waals surface area contributed by atoms with Gasteiger partial charge in [-0.25, -0.2) is 4.79 Å². The van der Waals surface area contributed by atoms with Crippen LogP contribution in [0.1, 0.15) is 22.8 Å². The molecule has 0 spiro atoms. The van der Waals surface area contributed by atoms with Crippen molar-refractivity contribution in [2.24, 2.45) is 10.8 Å². The molecule has 2 aromatic carbocycles. The van der Waals surface area contributed by atoms with Crippen molar-refractivity contribution < 1.29 is 19.0 Å². The second kappa shape index (κ2) is 9.38. The molecule has 2 rings (SSSR count). The number of hydrogen-bond acceptors (Lipinski definition) is 6. The third-order valence-corrected chi connectivity index (χ3v) is 3.27. The predicted octanol–water partition coefficient (Wildman–Crippen LogP) is 2.48. The lowest BCUT2D eigenvalue weighted by molar-refractivity contribution is 0.0729. The number of nitrogens with zero attached hydrogens (tertiary/aromatic N) is 1. The van der Waals surface area contributed by atoms with Crippen LogP contribution in [0, 0.1) is 0 Å². The molecule has 0 aliphatic rings. The summed E-state index contributed by atoms with van der Waals surface area (Å²) in [7, 11) is 1.48. The number of ether oxygens (including phenoxy) is 3. The van der Waals surface area contributed by atoms with E-state index in [1.54, 1.807) is 42.5 Å². The molecule has 0 bridgehead atoms. The van der Waals surface area contributed by atoms with Gasteiger partial charge in [0, 0.05) is 0 Å². The monoisotopic (exact) mass is 373 g/mol. The number of methoxy groups -OCH3 is 1. The lowest BCUT2D eigenvalue weighted by atomic mass is 10.2. The highest BCUT2D eigenvalue weighted by atomic mass is 32.1. The molecular weight excluding hydrogens is 354 g/mol. The van der Waals surface area contributed by atoms with Crippen molar-refractivity contribution in [2.45, 2.75) is 6.92 Å². The Labute approximate surface area is 156 Å². The Hall–Kier alpha value is -3.13. The normalized spacial score (nSPS) is 10.4. The smallest absolute Gasteiger partial charge is 0.343 e. The van der Waals surface area contributed by atoms with Gasteiger partial charge < -0.3 is 19.9 Å². The van der Waals surface area contributed by atoms with E-state index in [2.05, 4.69) is 22.7 Å². The summed E-state index contributed by atoms with van der Waals surface area (Å²) < 4.78 is 16.0. The second-order valence-corrected chi connectivity index (χ2v) is 5.43. The van der Waals surface area contributed by atoms with E-state index in [0.717, 1.165) is 0 Å². The van der Waals surface area contributed by atoms with Crippen LogP contribution < -0.4 is 25.4 Å². The van der Waals surface area contributed by atoms with Crippen molar-refractivity contribution in [2.75, 3.05) is 13.7 Å². The zero-order valence-electron chi connectivity index (χ0n) is 14.4. The molecule has 0 heterocycles. The number of hydrazone groups is 1. The fraction of sp³-hybridized carbons (Fsp3) is 0.167. The van der Waals surface area contributed by atoms with Crippen molar-refractivity contribution in [3.05, 3.63) is 53.6 Å². The molecule has 0 amide bonds. The summed E-state index contributed by atoms with van der Waals surface area (Å²) in [6.07, 6.45) is 1.51. The van der Waals surface area contributed by atoms with Crippen LogP contribution in [0.3, 0.4) is 0 Å². The summed E-state index contributed by atoms with van der Waals surface area (Å²) >= 11 is 4.66. The van der Waals surface area contributed by atoms with Gasteiger partial charge in [0.2, 0.25) is 0 Å². The lowest BCUT2D eigenvalue weighted by Gasteiger charge is -2.10. The van der Waals surface area contributed by atoms with Gasteiger partial charge in [-0.1, -0.05) is 0 Å². The highest BCUT2D eigenvalue weighted by Gasteiger charge is 2.13. The average Bonchev–Trinajstić information content (AvgIpc) is 2.63. The molecule has 7 nitrogen and oxygen atoms in total. The molecule has 0 aromatic heterocycles. The number of carbonyl (C=O) groups excluding carboxylic acids is 1. The number of nitrogens with one attached hydrogen (secondary N) is 1. The number of thiocarbonyl (C=S) groups is 1. The zero-order valence-corrected chi connectivity index (χ0v) is 15.2. The number of hydrogen-bond donors (Lipinski definition) is 2. The first-order valence-corrected chi connectivity index (χ1v) is 8.16. The fourth-order valence-corrected chi connectivity index (χ4v) is 2.08. The summed E-state index contributed by atoms with van der Waals surface area (Å²) in [4.78, 5) is 12.3. The minimum absolute atomic E-state index is 0.0640. The van der Waals surface area contributed by atoms with Gasteiger partial charge in [0.05, 0.1) is 25.5 Å². The Morgan fingerprint density at radius 1 is 1.23 bits per heavy atom. The topological polar surface area (TPSA) is 95.2 Å². The zero-order chi connectivity index (χ0) is 18.9. The van der Waals surface area contributed by atoms with Gasteiger partial charge in [0.25, 0.3) is 0 Å². The molecule has 0 fully saturated rings. The molecule has 0 saturated heterocycles. The van der Waals surface area contributed by atoms with Gasteiger partial charge in [0.1, 0.15) is 5.75 Å². The maximum Gasteiger partial charge on any atom is 0.343 e. The summed E-state index contributed by atoms with van der Waals surface area (Å²) in [6, 6.07) is 11.7. The van der Waals surface area contributed by atoms with E-state index in [-0.39, 0.29) is 5.11 Å². The first kappa shape index (κ1) is 19.2. The van der Waals surface area contributed by atoms with Gasteiger partial charge in [0.15, 0.2) is 16.6 Å². The number of nitrogens with two attached hydrogens (primary N) is 1. The Balaban J connectivity index is 2.11. The summed E-state index contributed by atoms with van der Waals surface area (Å²) in [5.74, 6) is 0.883. The fourth-order valence-electron chi connectivity index (χ4n) is 2.03. The van der Waals surface area contributed by atoms with E-state index >= 15 is 0 Å². The van der Waals surface area contributed by atoms with Gasteiger partial charge in [-0.3, -0.25) is 5.43 Å². The molecule has 3 N–H and O–H groups in total. The molecule has 0 atom stereocenters. The molecule has 8 heteroatoms. The summed E-state index contributed by atoms with van der Waals surface area (Å²) in [5.41, 5.74) is 8.86. The van der Waals surface area contributed by atoms with Crippen molar-refractivity contribution in [3.63, 3.8) is 0 Å². The largest absolute Gasteiger partial charge is 0.494 e. The SMILES string of the molecule is CCOc1ccc(C(=O)Oc2ccc(C=NNC(N)=S)cc2OC)cc1. The van der Waals surface area contributed by atoms with Crippen molar-refractivity contribution in [1.29, 1.82) is 0 Å². The molecule has 0 saturated carbocycles. The van der Waals surface area contributed by atoms with Crippen LogP contribution in [-0.2, 0) is 0 Å². The maximum atomic E-state index is 12.3. The van der Waals surface area contributed by atoms with Gasteiger partial charge in [-0.2, -0.15) is 5.10 Å². The van der Waals surface area contributed by atoms with Crippen LogP contribution in [-0.4, -0.2) is 31.0 Å². The first-order chi connectivity index (χ1) is 12.5. The van der Waals surface area contributed by atoms with Crippen LogP contribution in [0.2, 0.25) is 0 Å². The Morgan fingerprint density at radius 2 is 1.96 bits per heavy atom. The van der Waals surface area contributed by atoms with Crippen molar-refractivity contribution in [3.8, 4) is 17.2 Å². The van der Waals surface area contributed by atoms with Crippen LogP contribution in [0.5, 0.6) is 17.2 Å². The molecule has 0 aliphatic carbocycles. The first-order valence-electron chi connectivity index (χ1n) is 7.75. The van der Waals surface area contributed by atoms with Gasteiger partial charge in [-0.05, 0) is 67.2 Å². The van der Waals surface area contributed by atoms with Crippen molar-refractivity contribution >= 4 is 29.5 Å². The van der Waals surface area contributed by atoms with Gasteiger partial charge >= 0.3 is 5.97 Å². The van der Waals surface area contributed by atoms with E-state index in [1.165, 1.54) is 13.3 Å². The molecule has 26 heavy (non-hydrogen) atoms. The molecule has 0 radical (unpaired) electrons. The van der Waals surface area contributed by atoms with E-state index in [0.29, 0.717) is 35.0 Å². The second-order valence-electron chi connectivity index (χ2n) is 4.99.